The molecule has 0 aliphatic heterocycles. The standard InChI is InChI=1S/C11H19B/c1-4-7(2)5-11-6-8(3)9(11)10(11)12/h7-10H,4-6H2,1-3H3. The number of hydrogen-bond donors (Lipinski definition) is 0. The Morgan fingerprint density at radius 2 is 2.25 bits per heavy atom. The monoisotopic (exact) mass is 162 g/mol. The molecule has 2 aliphatic rings. The second-order valence-corrected chi connectivity index (χ2v) is 5.18. The third-order valence-corrected chi connectivity index (χ3v) is 4.35. The molecule has 0 aromatic heterocycles. The van der Waals surface area contributed by atoms with Crippen molar-refractivity contribution in [2.24, 2.45) is 23.2 Å². The molecule has 2 aliphatic carbocycles. The molecule has 0 spiro atoms. The van der Waals surface area contributed by atoms with E-state index in [1.807, 2.05) is 0 Å². The summed E-state index contributed by atoms with van der Waals surface area (Å²) in [6, 6.07) is 0. The lowest BCUT2D eigenvalue weighted by Crippen LogP contribution is -2.25. The van der Waals surface area contributed by atoms with Crippen LogP contribution in [0.1, 0.15) is 40.0 Å². The molecule has 0 bridgehead atoms. The Labute approximate surface area is 77.5 Å². The van der Waals surface area contributed by atoms with Crippen LogP contribution in [0.5, 0.6) is 0 Å². The summed E-state index contributed by atoms with van der Waals surface area (Å²) >= 11 is 0. The van der Waals surface area contributed by atoms with Crippen molar-refractivity contribution in [3.8, 4) is 0 Å². The van der Waals surface area contributed by atoms with Crippen molar-refractivity contribution in [1.82, 2.24) is 0 Å². The highest BCUT2D eigenvalue weighted by molar-refractivity contribution is 6.15. The average Bonchev–Trinajstić information content (AvgIpc) is 2.47. The van der Waals surface area contributed by atoms with Crippen LogP contribution in [0.15, 0.2) is 0 Å². The molecule has 66 valence electrons. The van der Waals surface area contributed by atoms with Crippen molar-refractivity contribution in [1.29, 1.82) is 0 Å². The van der Waals surface area contributed by atoms with E-state index < -0.39 is 0 Å². The first-order valence-electron chi connectivity index (χ1n) is 5.37. The normalized spacial score (nSPS) is 52.4. The van der Waals surface area contributed by atoms with Crippen LogP contribution in [0.4, 0.5) is 0 Å². The van der Waals surface area contributed by atoms with Gasteiger partial charge in [-0.1, -0.05) is 33.0 Å². The summed E-state index contributed by atoms with van der Waals surface area (Å²) in [5.41, 5.74) is 0.620. The van der Waals surface area contributed by atoms with E-state index in [9.17, 15) is 0 Å². The first kappa shape index (κ1) is 8.65. The molecule has 2 rings (SSSR count). The van der Waals surface area contributed by atoms with Crippen LogP contribution in [-0.4, -0.2) is 7.85 Å². The summed E-state index contributed by atoms with van der Waals surface area (Å²) in [6.07, 6.45) is 4.11. The van der Waals surface area contributed by atoms with Gasteiger partial charge in [0.2, 0.25) is 0 Å². The van der Waals surface area contributed by atoms with Crippen LogP contribution >= 0.6 is 0 Å². The van der Waals surface area contributed by atoms with Gasteiger partial charge in [-0.15, -0.1) is 0 Å². The van der Waals surface area contributed by atoms with Crippen molar-refractivity contribution < 1.29 is 0 Å². The van der Waals surface area contributed by atoms with Crippen LogP contribution in [0.2, 0.25) is 5.82 Å². The molecule has 0 heterocycles. The van der Waals surface area contributed by atoms with E-state index in [4.69, 9.17) is 7.85 Å². The second kappa shape index (κ2) is 2.53. The van der Waals surface area contributed by atoms with Crippen LogP contribution in [-0.2, 0) is 0 Å². The molecule has 5 unspecified atom stereocenters. The Morgan fingerprint density at radius 1 is 1.58 bits per heavy atom. The molecule has 2 saturated carbocycles. The molecular formula is C11H19B. The minimum atomic E-state index is 0.557. The fourth-order valence-corrected chi connectivity index (χ4v) is 3.46. The molecule has 0 aromatic carbocycles. The molecular weight excluding hydrogens is 143 g/mol. The summed E-state index contributed by atoms with van der Waals surface area (Å²) in [6.45, 7) is 7.00. The summed E-state index contributed by atoms with van der Waals surface area (Å²) in [4.78, 5) is 0. The summed E-state index contributed by atoms with van der Waals surface area (Å²) in [7, 11) is 6.10. The zero-order valence-corrected chi connectivity index (χ0v) is 8.51. The largest absolute Gasteiger partial charge is 0.0711 e. The minimum absolute atomic E-state index is 0.557. The number of hydrogen-bond acceptors (Lipinski definition) is 0. The topological polar surface area (TPSA) is 0 Å². The first-order chi connectivity index (χ1) is 5.62. The molecule has 2 radical (unpaired) electrons. The Bertz CT molecular complexity index is 189. The lowest BCUT2D eigenvalue weighted by atomic mass is 9.71. The summed E-state index contributed by atoms with van der Waals surface area (Å²) < 4.78 is 0. The lowest BCUT2D eigenvalue weighted by Gasteiger charge is -2.34. The van der Waals surface area contributed by atoms with E-state index in [0.29, 0.717) is 11.2 Å². The molecule has 2 fully saturated rings. The highest BCUT2D eigenvalue weighted by Gasteiger charge is 2.70. The quantitative estimate of drug-likeness (QED) is 0.559. The number of rotatable bonds is 3. The van der Waals surface area contributed by atoms with Gasteiger partial charge in [0.1, 0.15) is 0 Å². The van der Waals surface area contributed by atoms with Crippen LogP contribution < -0.4 is 0 Å². The van der Waals surface area contributed by atoms with Crippen LogP contribution in [0.25, 0.3) is 0 Å². The van der Waals surface area contributed by atoms with Crippen molar-refractivity contribution >= 4 is 7.85 Å². The van der Waals surface area contributed by atoms with E-state index in [-0.39, 0.29) is 0 Å². The van der Waals surface area contributed by atoms with E-state index in [0.717, 1.165) is 17.8 Å². The molecule has 0 N–H and O–H groups in total. The van der Waals surface area contributed by atoms with Gasteiger partial charge < -0.3 is 0 Å². The average molecular weight is 162 g/mol. The van der Waals surface area contributed by atoms with Gasteiger partial charge in [-0.2, -0.15) is 0 Å². The summed E-state index contributed by atoms with van der Waals surface area (Å²) in [5.74, 6) is 3.26. The SMILES string of the molecule is [B]C1C2C(C)CC12CC(C)CC. The number of fused-ring (bicyclic) bond motifs is 1. The van der Waals surface area contributed by atoms with Crippen molar-refractivity contribution in [3.63, 3.8) is 0 Å². The van der Waals surface area contributed by atoms with E-state index in [1.165, 1.54) is 19.3 Å². The summed E-state index contributed by atoms with van der Waals surface area (Å²) in [5, 5.41) is 0. The zero-order valence-electron chi connectivity index (χ0n) is 8.51. The van der Waals surface area contributed by atoms with Gasteiger partial charge in [0.05, 0.1) is 7.85 Å². The Kier molecular flexibility index (Phi) is 1.82. The van der Waals surface area contributed by atoms with Gasteiger partial charge in [-0.3, -0.25) is 0 Å². The van der Waals surface area contributed by atoms with Crippen LogP contribution in [0, 0.1) is 23.2 Å². The Balaban J connectivity index is 1.91. The maximum absolute atomic E-state index is 6.10. The smallest absolute Gasteiger partial charge is 0.0680 e. The highest BCUT2D eigenvalue weighted by Crippen LogP contribution is 2.79. The minimum Gasteiger partial charge on any atom is -0.0680 e. The predicted octanol–water partition coefficient (Wildman–Crippen LogP) is 3.04. The fraction of sp³-hybridized carbons (Fsp3) is 1.00. The molecule has 1 heteroatoms. The molecule has 0 nitrogen and oxygen atoms in total. The predicted molar refractivity (Wildman–Crippen MR) is 53.3 cm³/mol. The Hall–Kier alpha value is 0.0649. The van der Waals surface area contributed by atoms with Gasteiger partial charge in [0.25, 0.3) is 0 Å². The maximum atomic E-state index is 6.10. The third-order valence-electron chi connectivity index (χ3n) is 4.35. The molecule has 12 heavy (non-hydrogen) atoms. The van der Waals surface area contributed by atoms with Gasteiger partial charge in [0.15, 0.2) is 0 Å². The van der Waals surface area contributed by atoms with Gasteiger partial charge in [0, 0.05) is 0 Å². The van der Waals surface area contributed by atoms with Crippen LogP contribution in [0.3, 0.4) is 0 Å². The lowest BCUT2D eigenvalue weighted by molar-refractivity contribution is 0.159. The van der Waals surface area contributed by atoms with Crippen molar-refractivity contribution in [2.45, 2.75) is 45.9 Å². The highest BCUT2D eigenvalue weighted by atomic mass is 14.7. The van der Waals surface area contributed by atoms with Gasteiger partial charge >= 0.3 is 0 Å². The first-order valence-corrected chi connectivity index (χ1v) is 5.37. The van der Waals surface area contributed by atoms with Crippen molar-refractivity contribution in [3.05, 3.63) is 0 Å². The molecule has 0 saturated heterocycles. The Morgan fingerprint density at radius 3 is 2.58 bits per heavy atom. The van der Waals surface area contributed by atoms with E-state index in [1.54, 1.807) is 0 Å². The van der Waals surface area contributed by atoms with Gasteiger partial charge in [-0.05, 0) is 36.0 Å². The van der Waals surface area contributed by atoms with E-state index in [2.05, 4.69) is 20.8 Å². The fourth-order valence-electron chi connectivity index (χ4n) is 3.46. The zero-order chi connectivity index (χ0) is 8.93. The second-order valence-electron chi connectivity index (χ2n) is 5.18. The van der Waals surface area contributed by atoms with Gasteiger partial charge in [-0.25, -0.2) is 0 Å². The molecule has 5 atom stereocenters. The van der Waals surface area contributed by atoms with E-state index >= 15 is 0 Å². The third kappa shape index (κ3) is 0.915. The van der Waals surface area contributed by atoms with Crippen molar-refractivity contribution in [2.75, 3.05) is 0 Å². The maximum Gasteiger partial charge on any atom is 0.0711 e. The molecule has 0 amide bonds. The molecule has 0 aromatic rings.